The minimum atomic E-state index is 0.161. The van der Waals surface area contributed by atoms with Gasteiger partial charge in [0.05, 0.1) is 0 Å². The fourth-order valence-corrected chi connectivity index (χ4v) is 9.55. The van der Waals surface area contributed by atoms with Crippen LogP contribution in [0.5, 0.6) is 0 Å². The molecule has 2 aromatic heterocycles. The van der Waals surface area contributed by atoms with E-state index in [9.17, 15) is 0 Å². The van der Waals surface area contributed by atoms with Gasteiger partial charge in [-0.3, -0.25) is 0 Å². The molecule has 0 saturated heterocycles. The molecule has 234 valence electrons. The Labute approximate surface area is 290 Å². The summed E-state index contributed by atoms with van der Waals surface area (Å²) in [5.41, 5.74) is 11.6. The van der Waals surface area contributed by atoms with Crippen LogP contribution in [0.1, 0.15) is 43.2 Å². The summed E-state index contributed by atoms with van der Waals surface area (Å²) in [6.07, 6.45) is 6.45. The first-order chi connectivity index (χ1) is 24.2. The molecule has 0 unspecified atom stereocenters. The highest BCUT2D eigenvalue weighted by Crippen LogP contribution is 2.56. The van der Waals surface area contributed by atoms with Crippen LogP contribution in [0, 0.1) is 0 Å². The largest absolute Gasteiger partial charge is 0.208 e. The van der Waals surface area contributed by atoms with Crippen molar-refractivity contribution in [2.45, 2.75) is 37.5 Å². The molecule has 1 spiro atoms. The maximum atomic E-state index is 4.98. The smallest absolute Gasteiger partial charge is 0.164 e. The first-order valence-electron chi connectivity index (χ1n) is 17.3. The van der Waals surface area contributed by atoms with Gasteiger partial charge in [0, 0.05) is 42.3 Å². The fraction of sp³-hybridized carbons (Fsp3) is 0.133. The van der Waals surface area contributed by atoms with Crippen LogP contribution in [-0.4, -0.2) is 15.0 Å². The summed E-state index contributed by atoms with van der Waals surface area (Å²) in [7, 11) is 0. The summed E-state index contributed by atoms with van der Waals surface area (Å²) >= 11 is 1.85. The zero-order valence-electron chi connectivity index (χ0n) is 27.1. The van der Waals surface area contributed by atoms with Gasteiger partial charge < -0.3 is 0 Å². The van der Waals surface area contributed by atoms with Crippen molar-refractivity contribution < 1.29 is 0 Å². The van der Waals surface area contributed by atoms with Gasteiger partial charge in [-0.05, 0) is 64.4 Å². The molecule has 0 bridgehead atoms. The first-order valence-corrected chi connectivity index (χ1v) is 18.1. The molecule has 2 heterocycles. The molecule has 6 aromatic carbocycles. The fourth-order valence-electron chi connectivity index (χ4n) is 8.36. The van der Waals surface area contributed by atoms with E-state index in [1.165, 1.54) is 80.1 Å². The summed E-state index contributed by atoms with van der Waals surface area (Å²) in [6.45, 7) is 0. The molecule has 49 heavy (non-hydrogen) atoms. The predicted molar refractivity (Wildman–Crippen MR) is 204 cm³/mol. The van der Waals surface area contributed by atoms with E-state index in [-0.39, 0.29) is 5.41 Å². The SMILES string of the molecule is c1ccc(-c2nc(-c3ccccc3)nc(-c3ccc4c(c3)sc3cc(-c5ccc6c(c5)C5(CCCCC5)c5ccccc5-6)ccc34)n2)cc1. The number of thiophene rings is 1. The highest BCUT2D eigenvalue weighted by molar-refractivity contribution is 7.25. The number of rotatable bonds is 4. The third-order valence-electron chi connectivity index (χ3n) is 10.7. The van der Waals surface area contributed by atoms with Gasteiger partial charge in [-0.1, -0.05) is 141 Å². The second-order valence-corrected chi connectivity index (χ2v) is 14.6. The maximum Gasteiger partial charge on any atom is 0.164 e. The van der Waals surface area contributed by atoms with Crippen LogP contribution in [-0.2, 0) is 5.41 Å². The molecular formula is C45H33N3S. The summed E-state index contributed by atoms with van der Waals surface area (Å²) in [5, 5.41) is 2.56. The van der Waals surface area contributed by atoms with E-state index in [0.717, 1.165) is 16.7 Å². The van der Waals surface area contributed by atoms with E-state index in [1.807, 2.05) is 47.7 Å². The van der Waals surface area contributed by atoms with Crippen molar-refractivity contribution >= 4 is 31.5 Å². The number of hydrogen-bond donors (Lipinski definition) is 0. The topological polar surface area (TPSA) is 38.7 Å². The standard InChI is InChI=1S/C45H33N3S/c1-4-12-29(13-5-1)42-46-43(30-14-6-2-7-15-30)48-44(47-42)33-20-23-37-36-22-19-32(27-40(36)49-41(37)28-33)31-18-21-35-34-16-8-9-17-38(34)45(39(35)26-31)24-10-3-11-25-45/h1-2,4-9,12-23,26-28H,3,10-11,24-25H2. The van der Waals surface area contributed by atoms with Gasteiger partial charge in [0.15, 0.2) is 17.5 Å². The minimum absolute atomic E-state index is 0.161. The van der Waals surface area contributed by atoms with E-state index in [1.54, 1.807) is 5.56 Å². The Hall–Kier alpha value is -5.45. The van der Waals surface area contributed by atoms with E-state index in [2.05, 4.69) is 103 Å². The molecular weight excluding hydrogens is 615 g/mol. The second-order valence-electron chi connectivity index (χ2n) is 13.5. The van der Waals surface area contributed by atoms with Crippen molar-refractivity contribution in [1.82, 2.24) is 15.0 Å². The van der Waals surface area contributed by atoms with Crippen molar-refractivity contribution in [1.29, 1.82) is 0 Å². The molecule has 1 saturated carbocycles. The molecule has 8 aromatic rings. The maximum absolute atomic E-state index is 4.98. The number of fused-ring (bicyclic) bond motifs is 8. The van der Waals surface area contributed by atoms with Crippen molar-refractivity contribution in [2.75, 3.05) is 0 Å². The van der Waals surface area contributed by atoms with Crippen LogP contribution in [0.3, 0.4) is 0 Å². The van der Waals surface area contributed by atoms with Crippen LogP contribution in [0.15, 0.2) is 140 Å². The Morgan fingerprint density at radius 2 is 0.918 bits per heavy atom. The molecule has 1 fully saturated rings. The third-order valence-corrected chi connectivity index (χ3v) is 11.9. The van der Waals surface area contributed by atoms with Crippen LogP contribution < -0.4 is 0 Å². The third kappa shape index (κ3) is 4.66. The summed E-state index contributed by atoms with van der Waals surface area (Å²) in [4.78, 5) is 14.8. The van der Waals surface area contributed by atoms with E-state index < -0.39 is 0 Å². The monoisotopic (exact) mass is 647 g/mol. The Bertz CT molecular complexity index is 2470. The Morgan fingerprint density at radius 3 is 1.59 bits per heavy atom. The minimum Gasteiger partial charge on any atom is -0.208 e. The quantitative estimate of drug-likeness (QED) is 0.191. The van der Waals surface area contributed by atoms with Crippen molar-refractivity contribution in [3.05, 3.63) is 151 Å². The van der Waals surface area contributed by atoms with Crippen LogP contribution in [0.2, 0.25) is 0 Å². The summed E-state index contributed by atoms with van der Waals surface area (Å²) < 4.78 is 2.53. The number of benzene rings is 6. The lowest BCUT2D eigenvalue weighted by Crippen LogP contribution is -2.28. The molecule has 0 atom stereocenters. The van der Waals surface area contributed by atoms with Gasteiger partial charge >= 0.3 is 0 Å². The van der Waals surface area contributed by atoms with E-state index in [4.69, 9.17) is 15.0 Å². The van der Waals surface area contributed by atoms with Crippen LogP contribution in [0.25, 0.3) is 76.6 Å². The molecule has 0 aliphatic heterocycles. The molecule has 3 nitrogen and oxygen atoms in total. The molecule has 10 rings (SSSR count). The molecule has 4 heteroatoms. The molecule has 0 radical (unpaired) electrons. The normalized spacial score (nSPS) is 14.7. The highest BCUT2D eigenvalue weighted by atomic mass is 32.1. The lowest BCUT2D eigenvalue weighted by molar-refractivity contribution is 0.353. The van der Waals surface area contributed by atoms with Crippen LogP contribution in [0.4, 0.5) is 0 Å². The van der Waals surface area contributed by atoms with Crippen molar-refractivity contribution in [2.24, 2.45) is 0 Å². The van der Waals surface area contributed by atoms with Crippen molar-refractivity contribution in [3.8, 4) is 56.4 Å². The molecule has 2 aliphatic carbocycles. The Morgan fingerprint density at radius 1 is 0.408 bits per heavy atom. The van der Waals surface area contributed by atoms with E-state index in [0.29, 0.717) is 17.5 Å². The van der Waals surface area contributed by atoms with Gasteiger partial charge in [0.2, 0.25) is 0 Å². The number of hydrogen-bond acceptors (Lipinski definition) is 4. The van der Waals surface area contributed by atoms with Gasteiger partial charge in [0.25, 0.3) is 0 Å². The number of nitrogens with zero attached hydrogens (tertiary/aromatic N) is 3. The van der Waals surface area contributed by atoms with Crippen molar-refractivity contribution in [3.63, 3.8) is 0 Å². The molecule has 2 aliphatic rings. The number of aromatic nitrogens is 3. The zero-order chi connectivity index (χ0) is 32.4. The van der Waals surface area contributed by atoms with E-state index >= 15 is 0 Å². The zero-order valence-corrected chi connectivity index (χ0v) is 27.9. The average molecular weight is 648 g/mol. The average Bonchev–Trinajstić information content (AvgIpc) is 3.67. The Balaban J connectivity index is 1.06. The Kier molecular flexibility index (Phi) is 6.60. The molecule has 0 amide bonds. The predicted octanol–water partition coefficient (Wildman–Crippen LogP) is 12.1. The highest BCUT2D eigenvalue weighted by Gasteiger charge is 2.43. The van der Waals surface area contributed by atoms with Gasteiger partial charge in [-0.15, -0.1) is 11.3 Å². The lowest BCUT2D eigenvalue weighted by atomic mass is 9.67. The van der Waals surface area contributed by atoms with Gasteiger partial charge in [0.1, 0.15) is 0 Å². The van der Waals surface area contributed by atoms with Gasteiger partial charge in [-0.25, -0.2) is 15.0 Å². The summed E-state index contributed by atoms with van der Waals surface area (Å²) in [6, 6.07) is 50.4. The second kappa shape index (κ2) is 11.3. The first kappa shape index (κ1) is 28.6. The summed E-state index contributed by atoms with van der Waals surface area (Å²) in [5.74, 6) is 2.04. The van der Waals surface area contributed by atoms with Gasteiger partial charge in [-0.2, -0.15) is 0 Å². The molecule has 0 N–H and O–H groups in total. The lowest BCUT2D eigenvalue weighted by Gasteiger charge is -2.36. The van der Waals surface area contributed by atoms with Crippen LogP contribution >= 0.6 is 11.3 Å².